The first kappa shape index (κ1) is 14.9. The minimum Gasteiger partial charge on any atom is -0.416 e. The molecule has 0 aliphatic heterocycles. The van der Waals surface area contributed by atoms with Crippen molar-refractivity contribution >= 4 is 8.32 Å². The molecule has 0 aliphatic carbocycles. The maximum atomic E-state index is 6.19. The van der Waals surface area contributed by atoms with E-state index < -0.39 is 8.32 Å². The third kappa shape index (κ3) is 4.98. The minimum absolute atomic E-state index is 0.321. The molecule has 0 unspecified atom stereocenters. The van der Waals surface area contributed by atoms with E-state index in [1.165, 1.54) is 6.42 Å². The van der Waals surface area contributed by atoms with E-state index in [-0.39, 0.29) is 0 Å². The molecule has 0 spiro atoms. The van der Waals surface area contributed by atoms with Crippen molar-refractivity contribution in [1.29, 1.82) is 0 Å². The molecule has 0 amide bonds. The molecule has 0 aromatic rings. The van der Waals surface area contributed by atoms with Crippen molar-refractivity contribution in [3.63, 3.8) is 0 Å². The van der Waals surface area contributed by atoms with Crippen LogP contribution in [0, 0.1) is 5.92 Å². The van der Waals surface area contributed by atoms with Crippen LogP contribution in [0.1, 0.15) is 41.0 Å². The first-order chi connectivity index (χ1) is 6.74. The average molecular weight is 228 g/mol. The Morgan fingerprint density at radius 3 is 2.13 bits per heavy atom. The molecule has 0 aromatic heterocycles. The SMILES string of the molecule is CC=C[C@@H](CC)CO[Si](C)(C)C(C)(C)C. The molecular weight excluding hydrogens is 200 g/mol. The van der Waals surface area contributed by atoms with E-state index in [1.807, 2.05) is 0 Å². The molecule has 0 aliphatic rings. The van der Waals surface area contributed by atoms with E-state index in [0.717, 1.165) is 6.61 Å². The molecule has 0 heterocycles. The van der Waals surface area contributed by atoms with Gasteiger partial charge in [0, 0.05) is 6.61 Å². The van der Waals surface area contributed by atoms with Gasteiger partial charge in [0.25, 0.3) is 0 Å². The van der Waals surface area contributed by atoms with Gasteiger partial charge in [-0.05, 0) is 37.4 Å². The Balaban J connectivity index is 4.24. The van der Waals surface area contributed by atoms with Crippen LogP contribution < -0.4 is 0 Å². The van der Waals surface area contributed by atoms with E-state index >= 15 is 0 Å². The smallest absolute Gasteiger partial charge is 0.192 e. The zero-order chi connectivity index (χ0) is 12.1. The lowest BCUT2D eigenvalue weighted by Crippen LogP contribution is -2.41. The summed E-state index contributed by atoms with van der Waals surface area (Å²) in [7, 11) is -1.55. The Bertz CT molecular complexity index is 201. The number of allylic oxidation sites excluding steroid dienone is 1. The first-order valence-electron chi connectivity index (χ1n) is 6.01. The number of hydrogen-bond donors (Lipinski definition) is 0. The Labute approximate surface area is 97.0 Å². The third-order valence-electron chi connectivity index (χ3n) is 3.45. The molecular formula is C13H28OSi. The van der Waals surface area contributed by atoms with Crippen LogP contribution in [0.2, 0.25) is 18.1 Å². The summed E-state index contributed by atoms with van der Waals surface area (Å²) in [4.78, 5) is 0. The fourth-order valence-electron chi connectivity index (χ4n) is 1.11. The van der Waals surface area contributed by atoms with Gasteiger partial charge in [0.15, 0.2) is 8.32 Å². The molecule has 90 valence electrons. The van der Waals surface area contributed by atoms with E-state index in [4.69, 9.17) is 4.43 Å². The van der Waals surface area contributed by atoms with Gasteiger partial charge in [-0.2, -0.15) is 0 Å². The molecule has 0 radical (unpaired) electrons. The van der Waals surface area contributed by atoms with Crippen LogP contribution in [0.4, 0.5) is 0 Å². The van der Waals surface area contributed by atoms with Crippen LogP contribution in [-0.4, -0.2) is 14.9 Å². The average Bonchev–Trinajstić information content (AvgIpc) is 2.10. The monoisotopic (exact) mass is 228 g/mol. The van der Waals surface area contributed by atoms with Gasteiger partial charge in [0.2, 0.25) is 0 Å². The maximum Gasteiger partial charge on any atom is 0.192 e. The summed E-state index contributed by atoms with van der Waals surface area (Å²) in [5.41, 5.74) is 0. The molecule has 0 N–H and O–H groups in total. The molecule has 15 heavy (non-hydrogen) atoms. The summed E-state index contributed by atoms with van der Waals surface area (Å²) in [6.07, 6.45) is 5.55. The molecule has 0 saturated carbocycles. The second-order valence-corrected chi connectivity index (χ2v) is 10.6. The lowest BCUT2D eigenvalue weighted by molar-refractivity contribution is 0.248. The normalized spacial score (nSPS) is 15.9. The maximum absolute atomic E-state index is 6.19. The quantitative estimate of drug-likeness (QED) is 0.493. The van der Waals surface area contributed by atoms with Crippen LogP contribution in [0.3, 0.4) is 0 Å². The lowest BCUT2D eigenvalue weighted by Gasteiger charge is -2.37. The van der Waals surface area contributed by atoms with Crippen LogP contribution >= 0.6 is 0 Å². The Hall–Kier alpha value is -0.0831. The summed E-state index contributed by atoms with van der Waals surface area (Å²) in [5.74, 6) is 0.587. The first-order valence-corrected chi connectivity index (χ1v) is 8.92. The predicted octanol–water partition coefficient (Wildman–Crippen LogP) is 4.61. The topological polar surface area (TPSA) is 9.23 Å². The summed E-state index contributed by atoms with van der Waals surface area (Å²) in [6, 6.07) is 0. The standard InChI is InChI=1S/C13H28OSi/c1-8-10-12(9-2)11-14-15(6,7)13(3,4)5/h8,10,12H,9,11H2,1-7H3/t12-/m1/s1. The van der Waals surface area contributed by atoms with E-state index in [2.05, 4.69) is 59.9 Å². The Morgan fingerprint density at radius 1 is 1.27 bits per heavy atom. The zero-order valence-electron chi connectivity index (χ0n) is 11.6. The van der Waals surface area contributed by atoms with Crippen LogP contribution in [0.25, 0.3) is 0 Å². The summed E-state index contributed by atoms with van der Waals surface area (Å²) in [5, 5.41) is 0.321. The van der Waals surface area contributed by atoms with Crippen LogP contribution in [-0.2, 0) is 4.43 Å². The van der Waals surface area contributed by atoms with Gasteiger partial charge in [-0.1, -0.05) is 39.8 Å². The molecule has 0 rings (SSSR count). The largest absolute Gasteiger partial charge is 0.416 e. The molecule has 0 aromatic carbocycles. The zero-order valence-corrected chi connectivity index (χ0v) is 12.6. The molecule has 2 heteroatoms. The van der Waals surface area contributed by atoms with Gasteiger partial charge in [0.1, 0.15) is 0 Å². The Morgan fingerprint density at radius 2 is 1.80 bits per heavy atom. The van der Waals surface area contributed by atoms with Crippen molar-refractivity contribution in [2.24, 2.45) is 5.92 Å². The Kier molecular flexibility index (Phi) is 5.82. The highest BCUT2D eigenvalue weighted by Crippen LogP contribution is 2.36. The molecule has 0 saturated heterocycles. The second-order valence-electron chi connectivity index (χ2n) is 5.77. The summed E-state index contributed by atoms with van der Waals surface area (Å²) in [6.45, 7) is 16.7. The number of hydrogen-bond acceptors (Lipinski definition) is 1. The third-order valence-corrected chi connectivity index (χ3v) is 7.95. The van der Waals surface area contributed by atoms with Gasteiger partial charge < -0.3 is 4.43 Å². The molecule has 0 bridgehead atoms. The van der Waals surface area contributed by atoms with Crippen molar-refractivity contribution in [2.45, 2.75) is 59.2 Å². The summed E-state index contributed by atoms with van der Waals surface area (Å²) < 4.78 is 6.19. The fraction of sp³-hybridized carbons (Fsp3) is 0.846. The van der Waals surface area contributed by atoms with Gasteiger partial charge in [-0.15, -0.1) is 0 Å². The minimum atomic E-state index is -1.55. The second kappa shape index (κ2) is 5.85. The van der Waals surface area contributed by atoms with Crippen molar-refractivity contribution < 1.29 is 4.43 Å². The lowest BCUT2D eigenvalue weighted by atomic mass is 10.1. The van der Waals surface area contributed by atoms with Gasteiger partial charge >= 0.3 is 0 Å². The van der Waals surface area contributed by atoms with E-state index in [9.17, 15) is 0 Å². The van der Waals surface area contributed by atoms with Crippen molar-refractivity contribution in [3.05, 3.63) is 12.2 Å². The van der Waals surface area contributed by atoms with Crippen molar-refractivity contribution in [1.82, 2.24) is 0 Å². The fourth-order valence-corrected chi connectivity index (χ4v) is 2.18. The van der Waals surface area contributed by atoms with Gasteiger partial charge in [0.05, 0.1) is 0 Å². The molecule has 1 atom stereocenters. The van der Waals surface area contributed by atoms with Crippen LogP contribution in [0.5, 0.6) is 0 Å². The predicted molar refractivity (Wildman–Crippen MR) is 71.7 cm³/mol. The van der Waals surface area contributed by atoms with Gasteiger partial charge in [-0.25, -0.2) is 0 Å². The summed E-state index contributed by atoms with van der Waals surface area (Å²) >= 11 is 0. The molecule has 0 fully saturated rings. The van der Waals surface area contributed by atoms with E-state index in [0.29, 0.717) is 11.0 Å². The van der Waals surface area contributed by atoms with E-state index in [1.54, 1.807) is 0 Å². The van der Waals surface area contributed by atoms with Crippen LogP contribution in [0.15, 0.2) is 12.2 Å². The number of rotatable bonds is 5. The highest BCUT2D eigenvalue weighted by Gasteiger charge is 2.37. The molecule has 1 nitrogen and oxygen atoms in total. The highest BCUT2D eigenvalue weighted by molar-refractivity contribution is 6.74. The van der Waals surface area contributed by atoms with Crippen molar-refractivity contribution in [3.8, 4) is 0 Å². The highest BCUT2D eigenvalue weighted by atomic mass is 28.4. The van der Waals surface area contributed by atoms with Crippen molar-refractivity contribution in [2.75, 3.05) is 6.61 Å². The van der Waals surface area contributed by atoms with Gasteiger partial charge in [-0.3, -0.25) is 0 Å².